The first-order chi connectivity index (χ1) is 9.45. The molecule has 1 N–H and O–H groups in total. The SMILES string of the molecule is O=C(NCCCCCCCl)C1CCC(C(F)(F)F)CC1. The van der Waals surface area contributed by atoms with Crippen molar-refractivity contribution in [2.24, 2.45) is 11.8 Å². The Bertz CT molecular complexity index is 289. The third kappa shape index (κ3) is 6.33. The highest BCUT2D eigenvalue weighted by Crippen LogP contribution is 2.39. The van der Waals surface area contributed by atoms with Gasteiger partial charge in [0.15, 0.2) is 0 Å². The lowest BCUT2D eigenvalue weighted by atomic mass is 9.81. The molecular formula is C14H23ClF3NO. The second-order valence-electron chi connectivity index (χ2n) is 5.48. The lowest BCUT2D eigenvalue weighted by Crippen LogP contribution is -2.36. The summed E-state index contributed by atoms with van der Waals surface area (Å²) in [5.41, 5.74) is 0. The molecule has 0 bridgehead atoms. The van der Waals surface area contributed by atoms with E-state index >= 15 is 0 Å². The monoisotopic (exact) mass is 313 g/mol. The minimum Gasteiger partial charge on any atom is -0.356 e. The maximum Gasteiger partial charge on any atom is 0.391 e. The van der Waals surface area contributed by atoms with Gasteiger partial charge in [0.2, 0.25) is 5.91 Å². The van der Waals surface area contributed by atoms with Crippen LogP contribution in [0.15, 0.2) is 0 Å². The van der Waals surface area contributed by atoms with Gasteiger partial charge in [0.1, 0.15) is 0 Å². The highest BCUT2D eigenvalue weighted by molar-refractivity contribution is 6.17. The van der Waals surface area contributed by atoms with E-state index in [2.05, 4.69) is 5.32 Å². The topological polar surface area (TPSA) is 29.1 Å². The Hall–Kier alpha value is -0.450. The zero-order chi connectivity index (χ0) is 15.0. The van der Waals surface area contributed by atoms with E-state index in [4.69, 9.17) is 11.6 Å². The van der Waals surface area contributed by atoms with Crippen LogP contribution in [0.25, 0.3) is 0 Å². The predicted octanol–water partition coefficient (Wildman–Crippen LogP) is 4.27. The molecule has 1 aliphatic rings. The zero-order valence-corrected chi connectivity index (χ0v) is 12.4. The first-order valence-electron chi connectivity index (χ1n) is 7.35. The first-order valence-corrected chi connectivity index (χ1v) is 7.89. The van der Waals surface area contributed by atoms with E-state index in [1.54, 1.807) is 0 Å². The van der Waals surface area contributed by atoms with Gasteiger partial charge in [-0.15, -0.1) is 11.6 Å². The zero-order valence-electron chi connectivity index (χ0n) is 11.6. The number of hydrogen-bond donors (Lipinski definition) is 1. The van der Waals surface area contributed by atoms with Crippen LogP contribution in [0, 0.1) is 11.8 Å². The largest absolute Gasteiger partial charge is 0.391 e. The van der Waals surface area contributed by atoms with Crippen LogP contribution in [0.2, 0.25) is 0 Å². The molecule has 0 aromatic rings. The molecule has 0 heterocycles. The maximum atomic E-state index is 12.5. The molecule has 0 radical (unpaired) electrons. The highest BCUT2D eigenvalue weighted by atomic mass is 35.5. The second-order valence-corrected chi connectivity index (χ2v) is 5.86. The summed E-state index contributed by atoms with van der Waals surface area (Å²) in [6.45, 7) is 0.611. The van der Waals surface area contributed by atoms with Crippen LogP contribution in [0.5, 0.6) is 0 Å². The van der Waals surface area contributed by atoms with Crippen LogP contribution in [-0.2, 0) is 4.79 Å². The summed E-state index contributed by atoms with van der Waals surface area (Å²) in [6.07, 6.45) is 0.713. The summed E-state index contributed by atoms with van der Waals surface area (Å²) < 4.78 is 37.5. The Morgan fingerprint density at radius 3 is 2.20 bits per heavy atom. The number of carbonyl (C=O) groups excluding carboxylic acids is 1. The van der Waals surface area contributed by atoms with Gasteiger partial charge in [0, 0.05) is 18.3 Å². The Balaban J connectivity index is 2.13. The van der Waals surface area contributed by atoms with Crippen LogP contribution in [0.1, 0.15) is 51.4 Å². The van der Waals surface area contributed by atoms with Gasteiger partial charge < -0.3 is 5.32 Å². The van der Waals surface area contributed by atoms with E-state index in [0.717, 1.165) is 25.7 Å². The summed E-state index contributed by atoms with van der Waals surface area (Å²) in [4.78, 5) is 11.8. The van der Waals surface area contributed by atoms with Crippen LogP contribution in [0.4, 0.5) is 13.2 Å². The van der Waals surface area contributed by atoms with Crippen molar-refractivity contribution in [3.05, 3.63) is 0 Å². The summed E-state index contributed by atoms with van der Waals surface area (Å²) in [5, 5.41) is 2.83. The Kier molecular flexibility index (Phi) is 7.70. The van der Waals surface area contributed by atoms with E-state index in [1.165, 1.54) is 0 Å². The molecule has 1 aliphatic carbocycles. The van der Waals surface area contributed by atoms with Gasteiger partial charge in [-0.2, -0.15) is 13.2 Å². The van der Waals surface area contributed by atoms with Gasteiger partial charge in [-0.05, 0) is 38.5 Å². The van der Waals surface area contributed by atoms with Crippen LogP contribution < -0.4 is 5.32 Å². The molecule has 0 spiro atoms. The summed E-state index contributed by atoms with van der Waals surface area (Å²) in [7, 11) is 0. The third-order valence-electron chi connectivity index (χ3n) is 3.92. The maximum absolute atomic E-state index is 12.5. The molecule has 1 amide bonds. The first kappa shape index (κ1) is 17.6. The van der Waals surface area contributed by atoms with Gasteiger partial charge in [0.05, 0.1) is 5.92 Å². The van der Waals surface area contributed by atoms with Gasteiger partial charge in [-0.1, -0.05) is 12.8 Å². The molecule has 0 atom stereocenters. The molecule has 1 saturated carbocycles. The number of rotatable bonds is 7. The Morgan fingerprint density at radius 2 is 1.65 bits per heavy atom. The smallest absolute Gasteiger partial charge is 0.356 e. The van der Waals surface area contributed by atoms with Gasteiger partial charge in [-0.3, -0.25) is 4.79 Å². The predicted molar refractivity (Wildman–Crippen MR) is 73.7 cm³/mol. The number of nitrogens with one attached hydrogen (secondary N) is 1. The molecule has 20 heavy (non-hydrogen) atoms. The molecular weight excluding hydrogens is 291 g/mol. The molecule has 0 unspecified atom stereocenters. The van der Waals surface area contributed by atoms with Crippen molar-refractivity contribution in [3.8, 4) is 0 Å². The van der Waals surface area contributed by atoms with Crippen molar-refractivity contribution in [2.45, 2.75) is 57.5 Å². The summed E-state index contributed by atoms with van der Waals surface area (Å²) >= 11 is 5.56. The van der Waals surface area contributed by atoms with Crippen molar-refractivity contribution in [1.29, 1.82) is 0 Å². The third-order valence-corrected chi connectivity index (χ3v) is 4.19. The minimum atomic E-state index is -4.11. The fourth-order valence-electron chi connectivity index (χ4n) is 2.61. The van der Waals surface area contributed by atoms with Crippen molar-refractivity contribution in [1.82, 2.24) is 5.32 Å². The second kappa shape index (κ2) is 8.75. The number of amides is 1. The standard InChI is InChI=1S/C14H23ClF3NO/c15-9-3-1-2-4-10-19-13(20)11-5-7-12(8-6-11)14(16,17)18/h11-12H,1-10H2,(H,19,20). The molecule has 0 saturated heterocycles. The van der Waals surface area contributed by atoms with E-state index in [1.807, 2.05) is 0 Å². The summed E-state index contributed by atoms with van der Waals surface area (Å²) in [5.74, 6) is -0.879. The number of hydrogen-bond acceptors (Lipinski definition) is 1. The van der Waals surface area contributed by atoms with Crippen molar-refractivity contribution in [2.75, 3.05) is 12.4 Å². The molecule has 0 aromatic heterocycles. The average molecular weight is 314 g/mol. The molecule has 0 aromatic carbocycles. The molecule has 6 heteroatoms. The van der Waals surface area contributed by atoms with Crippen molar-refractivity contribution >= 4 is 17.5 Å². The average Bonchev–Trinajstić information content (AvgIpc) is 2.41. The molecule has 1 fully saturated rings. The lowest BCUT2D eigenvalue weighted by molar-refractivity contribution is -0.184. The van der Waals surface area contributed by atoms with Crippen LogP contribution in [-0.4, -0.2) is 24.5 Å². The fourth-order valence-corrected chi connectivity index (χ4v) is 2.80. The number of alkyl halides is 4. The summed E-state index contributed by atoms with van der Waals surface area (Å²) in [6, 6.07) is 0. The molecule has 0 aliphatic heterocycles. The molecule has 118 valence electrons. The molecule has 1 rings (SSSR count). The van der Waals surface area contributed by atoms with E-state index in [-0.39, 0.29) is 24.7 Å². The Morgan fingerprint density at radius 1 is 1.05 bits per heavy atom. The van der Waals surface area contributed by atoms with E-state index < -0.39 is 12.1 Å². The van der Waals surface area contributed by atoms with Gasteiger partial charge in [0.25, 0.3) is 0 Å². The lowest BCUT2D eigenvalue weighted by Gasteiger charge is -2.29. The van der Waals surface area contributed by atoms with Gasteiger partial charge in [-0.25, -0.2) is 0 Å². The number of carbonyl (C=O) groups is 1. The van der Waals surface area contributed by atoms with Crippen LogP contribution >= 0.6 is 11.6 Å². The van der Waals surface area contributed by atoms with E-state index in [9.17, 15) is 18.0 Å². The fraction of sp³-hybridized carbons (Fsp3) is 0.929. The number of halogens is 4. The minimum absolute atomic E-state index is 0.0806. The van der Waals surface area contributed by atoms with E-state index in [0.29, 0.717) is 25.3 Å². The van der Waals surface area contributed by atoms with Crippen molar-refractivity contribution in [3.63, 3.8) is 0 Å². The van der Waals surface area contributed by atoms with Crippen molar-refractivity contribution < 1.29 is 18.0 Å². The normalized spacial score (nSPS) is 23.6. The quantitative estimate of drug-likeness (QED) is 0.552. The Labute approximate surface area is 123 Å². The van der Waals surface area contributed by atoms with Gasteiger partial charge >= 0.3 is 6.18 Å². The highest BCUT2D eigenvalue weighted by Gasteiger charge is 2.42. The number of unbranched alkanes of at least 4 members (excludes halogenated alkanes) is 3. The van der Waals surface area contributed by atoms with Crippen LogP contribution in [0.3, 0.4) is 0 Å². The molecule has 2 nitrogen and oxygen atoms in total.